The van der Waals surface area contributed by atoms with Gasteiger partial charge in [-0.05, 0) is 12.0 Å². The third kappa shape index (κ3) is 6.22. The minimum atomic E-state index is -4.64. The van der Waals surface area contributed by atoms with E-state index in [0.29, 0.717) is 25.1 Å². The quantitative estimate of drug-likeness (QED) is 0.298. The zero-order valence-corrected chi connectivity index (χ0v) is 11.2. The molecule has 0 atom stereocenters. The minimum absolute atomic E-state index is 0.196. The molecular formula is C10H15N3O5S. The van der Waals surface area contributed by atoms with E-state index in [0.717, 1.165) is 0 Å². The zero-order valence-electron chi connectivity index (χ0n) is 10.4. The molecule has 1 rings (SSSR count). The van der Waals surface area contributed by atoms with Gasteiger partial charge in [0.05, 0.1) is 12.2 Å². The molecule has 0 aliphatic rings. The molecule has 0 aliphatic heterocycles. The van der Waals surface area contributed by atoms with E-state index in [-0.39, 0.29) is 12.5 Å². The number of hydrogen-bond acceptors (Lipinski definition) is 6. The number of carbonyl (C=O) groups is 1. The van der Waals surface area contributed by atoms with Crippen LogP contribution in [0.2, 0.25) is 0 Å². The predicted molar refractivity (Wildman–Crippen MR) is 62.7 cm³/mol. The van der Waals surface area contributed by atoms with Gasteiger partial charge in [0.25, 0.3) is 5.91 Å². The second-order valence-electron chi connectivity index (χ2n) is 3.62. The van der Waals surface area contributed by atoms with Crippen molar-refractivity contribution in [2.75, 3.05) is 13.2 Å². The summed E-state index contributed by atoms with van der Waals surface area (Å²) in [6.45, 7) is 2.54. The van der Waals surface area contributed by atoms with Gasteiger partial charge in [-0.2, -0.15) is 0 Å². The topological polar surface area (TPSA) is 112 Å². The van der Waals surface area contributed by atoms with Crippen LogP contribution in [0.4, 0.5) is 0 Å². The van der Waals surface area contributed by atoms with Gasteiger partial charge in [-0.15, -0.1) is 0 Å². The van der Waals surface area contributed by atoms with Gasteiger partial charge in [-0.1, -0.05) is 4.68 Å². The van der Waals surface area contributed by atoms with Crippen LogP contribution in [0.5, 0.6) is 0 Å². The van der Waals surface area contributed by atoms with Crippen molar-refractivity contribution in [3.8, 4) is 0 Å². The molecule has 8 nitrogen and oxygen atoms in total. The van der Waals surface area contributed by atoms with E-state index in [1.165, 1.54) is 10.9 Å². The first kappa shape index (κ1) is 15.5. The molecule has 106 valence electrons. The largest absolute Gasteiger partial charge is 0.726 e. The number of rotatable bonds is 7. The average Bonchev–Trinajstić information content (AvgIpc) is 2.34. The van der Waals surface area contributed by atoms with Gasteiger partial charge < -0.3 is 9.87 Å². The maximum Gasteiger partial charge on any atom is 0.253 e. The summed E-state index contributed by atoms with van der Waals surface area (Å²) in [5, 5.41) is 6.63. The van der Waals surface area contributed by atoms with Crippen molar-refractivity contribution in [3.05, 3.63) is 24.0 Å². The second kappa shape index (κ2) is 7.12. The number of aromatic nitrogens is 2. The number of carbonyl (C=O) groups excluding carboxylic acids is 1. The lowest BCUT2D eigenvalue weighted by Gasteiger charge is -2.05. The van der Waals surface area contributed by atoms with Gasteiger partial charge >= 0.3 is 0 Å². The first-order valence-corrected chi connectivity index (χ1v) is 7.00. The Morgan fingerprint density at radius 1 is 1.58 bits per heavy atom. The Morgan fingerprint density at radius 2 is 2.32 bits per heavy atom. The number of hydrogen-bond donors (Lipinski definition) is 1. The summed E-state index contributed by atoms with van der Waals surface area (Å²) in [5.41, 5.74) is 0.441. The molecule has 0 fully saturated rings. The van der Waals surface area contributed by atoms with Gasteiger partial charge in [0.2, 0.25) is 10.4 Å². The van der Waals surface area contributed by atoms with Crippen LogP contribution in [0.1, 0.15) is 23.7 Å². The number of aryl methyl sites for hydroxylation is 1. The Morgan fingerprint density at radius 3 is 2.84 bits per heavy atom. The van der Waals surface area contributed by atoms with Gasteiger partial charge in [0.15, 0.2) is 12.7 Å². The van der Waals surface area contributed by atoms with Crippen LogP contribution in [-0.2, 0) is 21.1 Å². The molecule has 0 spiro atoms. The highest BCUT2D eigenvalue weighted by Gasteiger charge is 2.08. The van der Waals surface area contributed by atoms with Crippen molar-refractivity contribution in [2.24, 2.45) is 0 Å². The molecule has 1 heterocycles. The predicted octanol–water partition coefficient (Wildman–Crippen LogP) is -1.01. The van der Waals surface area contributed by atoms with E-state index in [9.17, 15) is 17.8 Å². The highest BCUT2D eigenvalue weighted by atomic mass is 32.3. The highest BCUT2D eigenvalue weighted by Crippen LogP contribution is 1.93. The van der Waals surface area contributed by atoms with E-state index < -0.39 is 10.4 Å². The van der Waals surface area contributed by atoms with Crippen LogP contribution in [0.15, 0.2) is 18.5 Å². The van der Waals surface area contributed by atoms with E-state index in [1.807, 2.05) is 6.92 Å². The summed E-state index contributed by atoms with van der Waals surface area (Å²) in [6, 6.07) is 1.60. The van der Waals surface area contributed by atoms with Crippen LogP contribution >= 0.6 is 0 Å². The molecule has 0 saturated carbocycles. The summed E-state index contributed by atoms with van der Waals surface area (Å²) in [7, 11) is -4.64. The maximum atomic E-state index is 11.4. The van der Waals surface area contributed by atoms with Crippen molar-refractivity contribution < 1.29 is 26.6 Å². The lowest BCUT2D eigenvalue weighted by Crippen LogP contribution is -2.38. The molecule has 1 N–H and O–H groups in total. The van der Waals surface area contributed by atoms with Crippen LogP contribution in [0.25, 0.3) is 0 Å². The summed E-state index contributed by atoms with van der Waals surface area (Å²) < 4.78 is 36.1. The summed E-state index contributed by atoms with van der Waals surface area (Å²) >= 11 is 0. The van der Waals surface area contributed by atoms with Gasteiger partial charge in [0, 0.05) is 19.0 Å². The molecule has 0 unspecified atom stereocenters. The Balaban J connectivity index is 2.42. The van der Waals surface area contributed by atoms with Gasteiger partial charge in [-0.25, -0.2) is 8.42 Å². The van der Waals surface area contributed by atoms with Crippen LogP contribution in [0.3, 0.4) is 0 Å². The van der Waals surface area contributed by atoms with Crippen molar-refractivity contribution in [1.29, 1.82) is 0 Å². The Kier molecular flexibility index (Phi) is 5.80. The smallest absolute Gasteiger partial charge is 0.253 e. The molecule has 1 aromatic rings. The monoisotopic (exact) mass is 289 g/mol. The van der Waals surface area contributed by atoms with Crippen LogP contribution in [0, 0.1) is 0 Å². The molecule has 0 radical (unpaired) electrons. The SMILES string of the molecule is CCNC(=O)c1cc[n+](CCCOS(=O)(=O)[O-])nc1. The maximum absolute atomic E-state index is 11.4. The summed E-state index contributed by atoms with van der Waals surface area (Å²) in [6.07, 6.45) is 3.33. The molecule has 0 aliphatic carbocycles. The summed E-state index contributed by atoms with van der Waals surface area (Å²) in [5.74, 6) is -0.206. The molecule has 0 aromatic carbocycles. The van der Waals surface area contributed by atoms with Crippen LogP contribution < -0.4 is 10.00 Å². The fourth-order valence-corrected chi connectivity index (χ4v) is 1.62. The fraction of sp³-hybridized carbons (Fsp3) is 0.500. The standard InChI is InChI=1S/C10H15N3O5S/c1-2-11-10(14)9-4-6-13(12-8-9)5-3-7-18-19(15,16)17/h4,6,8H,2-3,5,7H2,1H3,(H-,11,14,15,16,17). The molecule has 0 bridgehead atoms. The average molecular weight is 289 g/mol. The minimum Gasteiger partial charge on any atom is -0.726 e. The Labute approximate surface area is 111 Å². The molecular weight excluding hydrogens is 274 g/mol. The lowest BCUT2D eigenvalue weighted by molar-refractivity contribution is -0.754. The second-order valence-corrected chi connectivity index (χ2v) is 4.67. The molecule has 19 heavy (non-hydrogen) atoms. The van der Waals surface area contributed by atoms with Crippen molar-refractivity contribution in [2.45, 2.75) is 19.9 Å². The normalized spacial score (nSPS) is 11.3. The molecule has 9 heteroatoms. The van der Waals surface area contributed by atoms with Crippen LogP contribution in [-0.4, -0.2) is 37.1 Å². The van der Waals surface area contributed by atoms with E-state index >= 15 is 0 Å². The van der Waals surface area contributed by atoms with Gasteiger partial charge in [0.1, 0.15) is 6.20 Å². The zero-order chi connectivity index (χ0) is 14.3. The van der Waals surface area contributed by atoms with Crippen molar-refractivity contribution in [3.63, 3.8) is 0 Å². The number of nitrogens with zero attached hydrogens (tertiary/aromatic N) is 2. The third-order valence-electron chi connectivity index (χ3n) is 2.13. The Bertz CT molecular complexity index is 514. The van der Waals surface area contributed by atoms with Crippen molar-refractivity contribution in [1.82, 2.24) is 10.4 Å². The first-order valence-electron chi connectivity index (χ1n) is 5.66. The van der Waals surface area contributed by atoms with E-state index in [2.05, 4.69) is 14.6 Å². The van der Waals surface area contributed by atoms with Gasteiger partial charge in [-0.3, -0.25) is 8.98 Å². The lowest BCUT2D eigenvalue weighted by atomic mass is 10.3. The van der Waals surface area contributed by atoms with Crippen molar-refractivity contribution >= 4 is 16.3 Å². The molecule has 0 saturated heterocycles. The third-order valence-corrected chi connectivity index (χ3v) is 2.59. The molecule has 1 aromatic heterocycles. The van der Waals surface area contributed by atoms with E-state index in [4.69, 9.17) is 0 Å². The highest BCUT2D eigenvalue weighted by molar-refractivity contribution is 7.80. The number of amides is 1. The molecule has 1 amide bonds. The number of nitrogens with one attached hydrogen (secondary N) is 1. The first-order chi connectivity index (χ1) is 8.92. The summed E-state index contributed by atoms with van der Waals surface area (Å²) in [4.78, 5) is 11.4. The fourth-order valence-electron chi connectivity index (χ4n) is 1.30. The van der Waals surface area contributed by atoms with E-state index in [1.54, 1.807) is 12.3 Å². The Hall–Kier alpha value is -1.58.